The van der Waals surface area contributed by atoms with Crippen molar-refractivity contribution in [3.8, 4) is 0 Å². The number of anilines is 1. The smallest absolute Gasteiger partial charge is 0.328 e. The van der Waals surface area contributed by atoms with Gasteiger partial charge < -0.3 is 10.0 Å². The molecule has 1 aliphatic rings. The zero-order chi connectivity index (χ0) is 12.4. The molecule has 3 nitrogen and oxygen atoms in total. The number of aliphatic carboxylic acids is 1. The number of carbonyl (C=O) groups is 1. The summed E-state index contributed by atoms with van der Waals surface area (Å²) in [6, 6.07) is 6.73. The lowest BCUT2D eigenvalue weighted by atomic mass is 10.1. The molecule has 0 spiro atoms. The third kappa shape index (κ3) is 2.87. The van der Waals surface area contributed by atoms with Gasteiger partial charge in [-0.3, -0.25) is 0 Å². The van der Waals surface area contributed by atoms with Gasteiger partial charge in [-0.2, -0.15) is 0 Å². The Bertz CT molecular complexity index is 461. The fourth-order valence-electron chi connectivity index (χ4n) is 2.00. The lowest BCUT2D eigenvalue weighted by molar-refractivity contribution is -0.131. The maximum atomic E-state index is 10.4. The standard InChI is InChI=1S/C14H17NO2/c1-10-9-11(4-8-14(16)17)3-7-13(10)15(2)12-5-6-12/h3-4,7-9,12H,5-6H2,1-2H3,(H,16,17). The molecule has 3 heteroatoms. The highest BCUT2D eigenvalue weighted by molar-refractivity contribution is 5.85. The molecule has 0 aromatic heterocycles. The van der Waals surface area contributed by atoms with E-state index in [2.05, 4.69) is 24.9 Å². The van der Waals surface area contributed by atoms with Crippen molar-refractivity contribution >= 4 is 17.7 Å². The van der Waals surface area contributed by atoms with Gasteiger partial charge in [-0.05, 0) is 49.1 Å². The maximum Gasteiger partial charge on any atom is 0.328 e. The molecular weight excluding hydrogens is 214 g/mol. The summed E-state index contributed by atoms with van der Waals surface area (Å²) in [5.74, 6) is -0.915. The summed E-state index contributed by atoms with van der Waals surface area (Å²) in [6.45, 7) is 2.06. The Morgan fingerprint density at radius 1 is 1.47 bits per heavy atom. The summed E-state index contributed by atoms with van der Waals surface area (Å²) < 4.78 is 0. The summed E-state index contributed by atoms with van der Waals surface area (Å²) >= 11 is 0. The van der Waals surface area contributed by atoms with Crippen LogP contribution in [0.4, 0.5) is 5.69 Å². The van der Waals surface area contributed by atoms with Crippen LogP contribution in [-0.2, 0) is 4.79 Å². The molecule has 0 heterocycles. The fraction of sp³-hybridized carbons (Fsp3) is 0.357. The Morgan fingerprint density at radius 3 is 2.71 bits per heavy atom. The van der Waals surface area contributed by atoms with Crippen LogP contribution in [0, 0.1) is 6.92 Å². The lowest BCUT2D eigenvalue weighted by Gasteiger charge is -2.21. The minimum absolute atomic E-state index is 0.689. The van der Waals surface area contributed by atoms with Gasteiger partial charge in [0.25, 0.3) is 0 Å². The third-order valence-corrected chi connectivity index (χ3v) is 3.11. The second-order valence-corrected chi connectivity index (χ2v) is 4.56. The number of hydrogen-bond donors (Lipinski definition) is 1. The minimum Gasteiger partial charge on any atom is -0.478 e. The molecule has 0 radical (unpaired) electrons. The van der Waals surface area contributed by atoms with Gasteiger partial charge in [-0.15, -0.1) is 0 Å². The van der Waals surface area contributed by atoms with Gasteiger partial charge in [0.2, 0.25) is 0 Å². The minimum atomic E-state index is -0.915. The molecule has 0 aliphatic heterocycles. The number of carboxylic acid groups (broad SMARTS) is 1. The van der Waals surface area contributed by atoms with Gasteiger partial charge in [0.1, 0.15) is 0 Å². The number of aryl methyl sites for hydroxylation is 1. The summed E-state index contributed by atoms with van der Waals surface area (Å²) in [6.07, 6.45) is 5.34. The summed E-state index contributed by atoms with van der Waals surface area (Å²) in [4.78, 5) is 12.7. The van der Waals surface area contributed by atoms with Crippen LogP contribution >= 0.6 is 0 Å². The monoisotopic (exact) mass is 231 g/mol. The summed E-state index contributed by atoms with van der Waals surface area (Å²) in [5.41, 5.74) is 3.35. The predicted octanol–water partition coefficient (Wildman–Crippen LogP) is 2.69. The van der Waals surface area contributed by atoms with Crippen LogP contribution in [0.25, 0.3) is 6.08 Å². The lowest BCUT2D eigenvalue weighted by Crippen LogP contribution is -2.20. The van der Waals surface area contributed by atoms with E-state index in [1.165, 1.54) is 30.2 Å². The molecule has 0 bridgehead atoms. The number of nitrogens with zero attached hydrogens (tertiary/aromatic N) is 1. The molecule has 90 valence electrons. The zero-order valence-corrected chi connectivity index (χ0v) is 10.2. The van der Waals surface area contributed by atoms with Gasteiger partial charge in [0.15, 0.2) is 0 Å². The van der Waals surface area contributed by atoms with Crippen molar-refractivity contribution in [2.45, 2.75) is 25.8 Å². The van der Waals surface area contributed by atoms with E-state index >= 15 is 0 Å². The highest BCUT2D eigenvalue weighted by Gasteiger charge is 2.26. The Kier molecular flexibility index (Phi) is 3.18. The van der Waals surface area contributed by atoms with Gasteiger partial charge >= 0.3 is 5.97 Å². The third-order valence-electron chi connectivity index (χ3n) is 3.11. The van der Waals surface area contributed by atoms with Crippen LogP contribution in [0.3, 0.4) is 0 Å². The van der Waals surface area contributed by atoms with E-state index in [0.717, 1.165) is 5.56 Å². The average Bonchev–Trinajstić information content (AvgIpc) is 3.09. The SMILES string of the molecule is Cc1cc(C=CC(=O)O)ccc1N(C)C1CC1. The van der Waals surface area contributed by atoms with Gasteiger partial charge in [0, 0.05) is 24.9 Å². The van der Waals surface area contributed by atoms with Crippen LogP contribution in [-0.4, -0.2) is 24.2 Å². The maximum absolute atomic E-state index is 10.4. The average molecular weight is 231 g/mol. The molecule has 0 atom stereocenters. The quantitative estimate of drug-likeness (QED) is 0.810. The van der Waals surface area contributed by atoms with Crippen molar-refractivity contribution < 1.29 is 9.90 Å². The molecule has 0 unspecified atom stereocenters. The van der Waals surface area contributed by atoms with Crippen molar-refractivity contribution in [2.24, 2.45) is 0 Å². The normalized spacial score (nSPS) is 15.2. The highest BCUT2D eigenvalue weighted by Crippen LogP contribution is 2.32. The van der Waals surface area contributed by atoms with E-state index in [-0.39, 0.29) is 0 Å². The first-order valence-electron chi connectivity index (χ1n) is 5.82. The number of rotatable bonds is 4. The molecule has 0 saturated heterocycles. The molecule has 0 amide bonds. The van der Waals surface area contributed by atoms with Crippen molar-refractivity contribution in [2.75, 3.05) is 11.9 Å². The highest BCUT2D eigenvalue weighted by atomic mass is 16.4. The van der Waals surface area contributed by atoms with E-state index in [1.54, 1.807) is 6.08 Å². The molecule has 1 aromatic rings. The molecule has 17 heavy (non-hydrogen) atoms. The van der Waals surface area contributed by atoms with Gasteiger partial charge in [-0.25, -0.2) is 4.79 Å². The first-order chi connectivity index (χ1) is 8.08. The first-order valence-corrected chi connectivity index (χ1v) is 5.82. The van der Waals surface area contributed by atoms with E-state index < -0.39 is 5.97 Å². The number of hydrogen-bond acceptors (Lipinski definition) is 2. The molecule has 1 aromatic carbocycles. The molecule has 1 fully saturated rings. The van der Waals surface area contributed by atoms with E-state index in [9.17, 15) is 4.79 Å². The zero-order valence-electron chi connectivity index (χ0n) is 10.2. The topological polar surface area (TPSA) is 40.5 Å². The summed E-state index contributed by atoms with van der Waals surface area (Å²) in [5, 5.41) is 8.57. The Balaban J connectivity index is 2.18. The van der Waals surface area contributed by atoms with E-state index in [4.69, 9.17) is 5.11 Å². The van der Waals surface area contributed by atoms with E-state index in [0.29, 0.717) is 6.04 Å². The van der Waals surface area contributed by atoms with Crippen LogP contribution < -0.4 is 4.90 Å². The second kappa shape index (κ2) is 4.62. The van der Waals surface area contributed by atoms with Crippen LogP contribution in [0.1, 0.15) is 24.0 Å². The van der Waals surface area contributed by atoms with Crippen molar-refractivity contribution in [3.63, 3.8) is 0 Å². The second-order valence-electron chi connectivity index (χ2n) is 4.56. The Labute approximate surface area is 101 Å². The van der Waals surface area contributed by atoms with Crippen molar-refractivity contribution in [1.29, 1.82) is 0 Å². The van der Waals surface area contributed by atoms with Gasteiger partial charge in [-0.1, -0.05) is 6.07 Å². The van der Waals surface area contributed by atoms with Crippen LogP contribution in [0.15, 0.2) is 24.3 Å². The number of benzene rings is 1. The van der Waals surface area contributed by atoms with Crippen molar-refractivity contribution in [1.82, 2.24) is 0 Å². The van der Waals surface area contributed by atoms with E-state index in [1.807, 2.05) is 12.1 Å². The van der Waals surface area contributed by atoms with Crippen LogP contribution in [0.2, 0.25) is 0 Å². The molecule has 2 rings (SSSR count). The Hall–Kier alpha value is -1.77. The fourth-order valence-corrected chi connectivity index (χ4v) is 2.00. The first kappa shape index (κ1) is 11.7. The summed E-state index contributed by atoms with van der Waals surface area (Å²) in [7, 11) is 2.12. The number of carboxylic acids is 1. The largest absolute Gasteiger partial charge is 0.478 e. The molecular formula is C14H17NO2. The van der Waals surface area contributed by atoms with Gasteiger partial charge in [0.05, 0.1) is 0 Å². The molecule has 1 saturated carbocycles. The Morgan fingerprint density at radius 2 is 2.18 bits per heavy atom. The molecule has 1 aliphatic carbocycles. The van der Waals surface area contributed by atoms with Crippen molar-refractivity contribution in [3.05, 3.63) is 35.4 Å². The van der Waals surface area contributed by atoms with Crippen LogP contribution in [0.5, 0.6) is 0 Å². The molecule has 1 N–H and O–H groups in total. The predicted molar refractivity (Wildman–Crippen MR) is 69.3 cm³/mol.